The minimum absolute atomic E-state index is 0.0490. The third kappa shape index (κ3) is 3.94. The first-order valence-electron chi connectivity index (χ1n) is 4.75. The molecule has 4 nitrogen and oxygen atoms in total. The summed E-state index contributed by atoms with van der Waals surface area (Å²) in [5.74, 6) is -1.30. The van der Waals surface area contributed by atoms with E-state index >= 15 is 0 Å². The summed E-state index contributed by atoms with van der Waals surface area (Å²) in [4.78, 5) is 22.8. The Morgan fingerprint density at radius 3 is 2.75 bits per heavy atom. The van der Waals surface area contributed by atoms with Crippen LogP contribution in [0.2, 0.25) is 0 Å². The molecule has 0 bridgehead atoms. The Bertz CT molecular complexity index is 391. The molecular weight excluding hydrogens is 294 g/mol. The highest BCUT2D eigenvalue weighted by atomic mass is 79.9. The fraction of sp³-hybridized carbons (Fsp3) is 0.400. The lowest BCUT2D eigenvalue weighted by molar-refractivity contribution is -0.136. The SMILES string of the molecule is CC(C(=O)NCCC(=O)O)c1ccc(Br)s1. The van der Waals surface area contributed by atoms with Gasteiger partial charge in [-0.2, -0.15) is 0 Å². The molecule has 1 aromatic rings. The summed E-state index contributed by atoms with van der Waals surface area (Å²) in [6.07, 6.45) is -0.0490. The minimum atomic E-state index is -0.910. The molecule has 88 valence electrons. The number of nitrogens with one attached hydrogen (secondary N) is 1. The molecule has 0 fully saturated rings. The van der Waals surface area contributed by atoms with Gasteiger partial charge in [-0.15, -0.1) is 11.3 Å². The van der Waals surface area contributed by atoms with Crippen molar-refractivity contribution in [3.8, 4) is 0 Å². The van der Waals surface area contributed by atoms with E-state index in [1.165, 1.54) is 11.3 Å². The largest absolute Gasteiger partial charge is 0.481 e. The monoisotopic (exact) mass is 305 g/mol. The van der Waals surface area contributed by atoms with E-state index in [-0.39, 0.29) is 24.8 Å². The van der Waals surface area contributed by atoms with Crippen molar-refractivity contribution in [3.05, 3.63) is 20.8 Å². The third-order valence-electron chi connectivity index (χ3n) is 2.05. The molecule has 1 amide bonds. The number of amides is 1. The molecule has 0 saturated heterocycles. The number of halogens is 1. The van der Waals surface area contributed by atoms with E-state index < -0.39 is 5.97 Å². The molecule has 0 saturated carbocycles. The predicted molar refractivity (Wildman–Crippen MR) is 65.7 cm³/mol. The Morgan fingerprint density at radius 1 is 1.56 bits per heavy atom. The average molecular weight is 306 g/mol. The van der Waals surface area contributed by atoms with Gasteiger partial charge in [0.15, 0.2) is 0 Å². The molecule has 0 aliphatic rings. The van der Waals surface area contributed by atoms with Gasteiger partial charge < -0.3 is 10.4 Å². The summed E-state index contributed by atoms with van der Waals surface area (Å²) in [6, 6.07) is 3.78. The number of carbonyl (C=O) groups is 2. The Morgan fingerprint density at radius 2 is 2.25 bits per heavy atom. The number of carboxylic acids is 1. The second-order valence-corrected chi connectivity index (χ2v) is 5.79. The maximum absolute atomic E-state index is 11.6. The van der Waals surface area contributed by atoms with Crippen LogP contribution in [0.5, 0.6) is 0 Å². The van der Waals surface area contributed by atoms with Crippen LogP contribution in [-0.4, -0.2) is 23.5 Å². The van der Waals surface area contributed by atoms with Crippen molar-refractivity contribution in [1.82, 2.24) is 5.32 Å². The lowest BCUT2D eigenvalue weighted by Crippen LogP contribution is -2.29. The summed E-state index contributed by atoms with van der Waals surface area (Å²) in [7, 11) is 0. The molecule has 1 atom stereocenters. The topological polar surface area (TPSA) is 66.4 Å². The van der Waals surface area contributed by atoms with Gasteiger partial charge in [0.25, 0.3) is 0 Å². The van der Waals surface area contributed by atoms with Gasteiger partial charge in [0, 0.05) is 11.4 Å². The van der Waals surface area contributed by atoms with Gasteiger partial charge in [-0.3, -0.25) is 9.59 Å². The normalized spacial score (nSPS) is 12.1. The zero-order chi connectivity index (χ0) is 12.1. The van der Waals surface area contributed by atoms with Crippen LogP contribution in [0.25, 0.3) is 0 Å². The average Bonchev–Trinajstić information content (AvgIpc) is 2.63. The summed E-state index contributed by atoms with van der Waals surface area (Å²) >= 11 is 4.83. The molecule has 1 unspecified atom stereocenters. The second-order valence-electron chi connectivity index (χ2n) is 3.30. The van der Waals surface area contributed by atoms with E-state index in [1.54, 1.807) is 6.92 Å². The number of carboxylic acid groups (broad SMARTS) is 1. The number of carbonyl (C=O) groups excluding carboxylic acids is 1. The van der Waals surface area contributed by atoms with Gasteiger partial charge in [0.1, 0.15) is 0 Å². The van der Waals surface area contributed by atoms with Crippen molar-refractivity contribution in [2.75, 3.05) is 6.54 Å². The smallest absolute Gasteiger partial charge is 0.305 e. The first-order chi connectivity index (χ1) is 7.50. The van der Waals surface area contributed by atoms with Crippen molar-refractivity contribution in [1.29, 1.82) is 0 Å². The predicted octanol–water partition coefficient (Wildman–Crippen LogP) is 2.21. The molecule has 0 aliphatic carbocycles. The third-order valence-corrected chi connectivity index (χ3v) is 3.86. The molecule has 2 N–H and O–H groups in total. The van der Waals surface area contributed by atoms with Gasteiger partial charge in [0.2, 0.25) is 5.91 Å². The fourth-order valence-corrected chi connectivity index (χ4v) is 2.61. The van der Waals surface area contributed by atoms with Crippen LogP contribution in [-0.2, 0) is 9.59 Å². The molecule has 1 heterocycles. The van der Waals surface area contributed by atoms with Crippen LogP contribution in [0.15, 0.2) is 15.9 Å². The van der Waals surface area contributed by atoms with Gasteiger partial charge >= 0.3 is 5.97 Å². The summed E-state index contributed by atoms with van der Waals surface area (Å²) < 4.78 is 0.979. The zero-order valence-electron chi connectivity index (χ0n) is 8.70. The van der Waals surface area contributed by atoms with Crippen molar-refractivity contribution in [2.24, 2.45) is 0 Å². The number of rotatable bonds is 5. The zero-order valence-corrected chi connectivity index (χ0v) is 11.1. The maximum Gasteiger partial charge on any atom is 0.305 e. The molecule has 0 spiro atoms. The molecule has 0 radical (unpaired) electrons. The van der Waals surface area contributed by atoms with Crippen LogP contribution in [0.4, 0.5) is 0 Å². The highest BCUT2D eigenvalue weighted by Gasteiger charge is 2.16. The molecular formula is C10H12BrNO3S. The van der Waals surface area contributed by atoms with E-state index in [0.717, 1.165) is 8.66 Å². The quantitative estimate of drug-likeness (QED) is 0.876. The van der Waals surface area contributed by atoms with Crippen molar-refractivity contribution < 1.29 is 14.7 Å². The van der Waals surface area contributed by atoms with Crippen LogP contribution in [0.3, 0.4) is 0 Å². The first kappa shape index (κ1) is 13.2. The van der Waals surface area contributed by atoms with E-state index in [2.05, 4.69) is 21.2 Å². The fourth-order valence-electron chi connectivity index (χ4n) is 1.14. The van der Waals surface area contributed by atoms with Gasteiger partial charge in [-0.25, -0.2) is 0 Å². The maximum atomic E-state index is 11.6. The van der Waals surface area contributed by atoms with E-state index in [4.69, 9.17) is 5.11 Å². The standard InChI is InChI=1S/C10H12BrNO3S/c1-6(7-2-3-8(11)16-7)10(15)12-5-4-9(13)14/h2-3,6H,4-5H2,1H3,(H,12,15)(H,13,14). The Hall–Kier alpha value is -0.880. The number of aliphatic carboxylic acids is 1. The highest BCUT2D eigenvalue weighted by Crippen LogP contribution is 2.28. The molecule has 16 heavy (non-hydrogen) atoms. The van der Waals surface area contributed by atoms with Crippen LogP contribution < -0.4 is 5.32 Å². The van der Waals surface area contributed by atoms with Crippen molar-refractivity contribution >= 4 is 39.1 Å². The molecule has 0 aromatic carbocycles. The first-order valence-corrected chi connectivity index (χ1v) is 6.36. The molecule has 6 heteroatoms. The second kappa shape index (κ2) is 6.00. The van der Waals surface area contributed by atoms with Gasteiger partial charge in [-0.1, -0.05) is 0 Å². The van der Waals surface area contributed by atoms with E-state index in [9.17, 15) is 9.59 Å². The summed E-state index contributed by atoms with van der Waals surface area (Å²) in [6.45, 7) is 1.97. The Kier molecular flexibility index (Phi) is 4.95. The van der Waals surface area contributed by atoms with Crippen molar-refractivity contribution in [3.63, 3.8) is 0 Å². The summed E-state index contributed by atoms with van der Waals surface area (Å²) in [5, 5.41) is 11.0. The van der Waals surface area contributed by atoms with Gasteiger partial charge in [-0.05, 0) is 35.0 Å². The Labute approximate surface area is 106 Å². The van der Waals surface area contributed by atoms with Crippen LogP contribution in [0.1, 0.15) is 24.1 Å². The van der Waals surface area contributed by atoms with Crippen LogP contribution >= 0.6 is 27.3 Å². The molecule has 0 aliphatic heterocycles. The lowest BCUT2D eigenvalue weighted by atomic mass is 10.1. The minimum Gasteiger partial charge on any atom is -0.481 e. The number of hydrogen-bond donors (Lipinski definition) is 2. The highest BCUT2D eigenvalue weighted by molar-refractivity contribution is 9.11. The van der Waals surface area contributed by atoms with Crippen LogP contribution in [0, 0.1) is 0 Å². The van der Waals surface area contributed by atoms with Crippen molar-refractivity contribution in [2.45, 2.75) is 19.3 Å². The molecule has 1 rings (SSSR count). The number of thiophene rings is 1. The van der Waals surface area contributed by atoms with Gasteiger partial charge in [0.05, 0.1) is 16.1 Å². The molecule has 1 aromatic heterocycles. The lowest BCUT2D eigenvalue weighted by Gasteiger charge is -2.09. The van der Waals surface area contributed by atoms with E-state index in [1.807, 2.05) is 12.1 Å². The summed E-state index contributed by atoms with van der Waals surface area (Å²) in [5.41, 5.74) is 0. The Balaban J connectivity index is 2.45. The van der Waals surface area contributed by atoms with E-state index in [0.29, 0.717) is 0 Å². The number of hydrogen-bond acceptors (Lipinski definition) is 3.